The van der Waals surface area contributed by atoms with E-state index in [9.17, 15) is 0 Å². The average Bonchev–Trinajstić information content (AvgIpc) is 2.86. The maximum atomic E-state index is 6.44. The quantitative estimate of drug-likeness (QED) is 0.830. The van der Waals surface area contributed by atoms with Gasteiger partial charge in [0.15, 0.2) is 0 Å². The SMILES string of the molecule is CCc1cccc(C(N)C2CCC(CC)C2)c1. The van der Waals surface area contributed by atoms with Crippen LogP contribution < -0.4 is 5.73 Å². The second kappa shape index (κ2) is 5.68. The van der Waals surface area contributed by atoms with E-state index in [0.717, 1.165) is 12.3 Å². The first-order chi connectivity index (χ1) is 8.24. The Morgan fingerprint density at radius 3 is 2.76 bits per heavy atom. The second-order valence-electron chi connectivity index (χ2n) is 5.47. The van der Waals surface area contributed by atoms with Crippen molar-refractivity contribution < 1.29 is 0 Å². The lowest BCUT2D eigenvalue weighted by Gasteiger charge is -2.20. The molecule has 0 radical (unpaired) electrons. The van der Waals surface area contributed by atoms with Crippen LogP contribution in [-0.2, 0) is 6.42 Å². The van der Waals surface area contributed by atoms with E-state index in [1.807, 2.05) is 0 Å². The van der Waals surface area contributed by atoms with Crippen molar-refractivity contribution in [3.05, 3.63) is 35.4 Å². The van der Waals surface area contributed by atoms with Crippen LogP contribution in [0.15, 0.2) is 24.3 Å². The Morgan fingerprint density at radius 1 is 1.29 bits per heavy atom. The lowest BCUT2D eigenvalue weighted by molar-refractivity contribution is 0.416. The highest BCUT2D eigenvalue weighted by Crippen LogP contribution is 2.39. The summed E-state index contributed by atoms with van der Waals surface area (Å²) in [6.07, 6.45) is 6.44. The van der Waals surface area contributed by atoms with Gasteiger partial charge in [0.25, 0.3) is 0 Å². The topological polar surface area (TPSA) is 26.0 Å². The molecule has 0 heterocycles. The van der Waals surface area contributed by atoms with Crippen LogP contribution in [0.5, 0.6) is 0 Å². The van der Waals surface area contributed by atoms with Crippen molar-refractivity contribution in [3.8, 4) is 0 Å². The van der Waals surface area contributed by atoms with Gasteiger partial charge in [-0.05, 0) is 42.2 Å². The van der Waals surface area contributed by atoms with Crippen LogP contribution in [0.1, 0.15) is 56.7 Å². The van der Waals surface area contributed by atoms with Crippen molar-refractivity contribution in [2.45, 2.75) is 52.0 Å². The van der Waals surface area contributed by atoms with Gasteiger partial charge in [-0.2, -0.15) is 0 Å². The number of nitrogens with two attached hydrogens (primary N) is 1. The third-order valence-corrected chi connectivity index (χ3v) is 4.41. The molecule has 1 nitrogen and oxygen atoms in total. The van der Waals surface area contributed by atoms with Gasteiger partial charge in [0.1, 0.15) is 0 Å². The Kier molecular flexibility index (Phi) is 4.22. The van der Waals surface area contributed by atoms with Crippen LogP contribution in [0, 0.1) is 11.8 Å². The number of hydrogen-bond acceptors (Lipinski definition) is 1. The molecular formula is C16H25N. The average molecular weight is 231 g/mol. The van der Waals surface area contributed by atoms with Crippen molar-refractivity contribution in [3.63, 3.8) is 0 Å². The van der Waals surface area contributed by atoms with E-state index < -0.39 is 0 Å². The molecule has 1 aromatic carbocycles. The molecule has 2 rings (SSSR count). The van der Waals surface area contributed by atoms with Gasteiger partial charge in [0, 0.05) is 6.04 Å². The third-order valence-electron chi connectivity index (χ3n) is 4.41. The lowest BCUT2D eigenvalue weighted by Crippen LogP contribution is -2.19. The molecule has 3 unspecified atom stereocenters. The molecular weight excluding hydrogens is 206 g/mol. The van der Waals surface area contributed by atoms with E-state index in [2.05, 4.69) is 38.1 Å². The molecule has 0 spiro atoms. The van der Waals surface area contributed by atoms with Gasteiger partial charge in [-0.3, -0.25) is 0 Å². The number of rotatable bonds is 4. The van der Waals surface area contributed by atoms with E-state index in [1.54, 1.807) is 0 Å². The maximum Gasteiger partial charge on any atom is 0.0323 e. The summed E-state index contributed by atoms with van der Waals surface area (Å²) >= 11 is 0. The molecule has 1 fully saturated rings. The van der Waals surface area contributed by atoms with Gasteiger partial charge in [-0.25, -0.2) is 0 Å². The molecule has 0 aromatic heterocycles. The fourth-order valence-electron chi connectivity index (χ4n) is 3.10. The Balaban J connectivity index is 2.06. The van der Waals surface area contributed by atoms with Gasteiger partial charge in [-0.1, -0.05) is 51.0 Å². The van der Waals surface area contributed by atoms with E-state index >= 15 is 0 Å². The largest absolute Gasteiger partial charge is 0.324 e. The first-order valence-corrected chi connectivity index (χ1v) is 7.09. The molecule has 1 heteroatoms. The van der Waals surface area contributed by atoms with Crippen LogP contribution in [0.4, 0.5) is 0 Å². The van der Waals surface area contributed by atoms with E-state index in [4.69, 9.17) is 5.73 Å². The predicted molar refractivity (Wildman–Crippen MR) is 73.9 cm³/mol. The summed E-state index contributed by atoms with van der Waals surface area (Å²) < 4.78 is 0. The number of benzene rings is 1. The summed E-state index contributed by atoms with van der Waals surface area (Å²) in [5.41, 5.74) is 9.19. The molecule has 0 bridgehead atoms. The van der Waals surface area contributed by atoms with Crippen LogP contribution >= 0.6 is 0 Å². The molecule has 1 aromatic rings. The minimum atomic E-state index is 0.248. The third kappa shape index (κ3) is 2.90. The standard InChI is InChI=1S/C16H25N/c1-3-12-6-5-7-14(10-12)16(17)15-9-8-13(4-2)11-15/h5-7,10,13,15-16H,3-4,8-9,11,17H2,1-2H3. The summed E-state index contributed by atoms with van der Waals surface area (Å²) in [7, 11) is 0. The van der Waals surface area contributed by atoms with Crippen molar-refractivity contribution >= 4 is 0 Å². The lowest BCUT2D eigenvalue weighted by atomic mass is 9.90. The summed E-state index contributed by atoms with van der Waals surface area (Å²) in [6.45, 7) is 4.50. The fourth-order valence-corrected chi connectivity index (χ4v) is 3.10. The molecule has 94 valence electrons. The van der Waals surface area contributed by atoms with E-state index in [0.29, 0.717) is 5.92 Å². The normalized spacial score (nSPS) is 26.1. The fraction of sp³-hybridized carbons (Fsp3) is 0.625. The van der Waals surface area contributed by atoms with Gasteiger partial charge < -0.3 is 5.73 Å². The zero-order valence-electron chi connectivity index (χ0n) is 11.2. The molecule has 2 N–H and O–H groups in total. The molecule has 0 amide bonds. The molecule has 1 aliphatic carbocycles. The van der Waals surface area contributed by atoms with Crippen molar-refractivity contribution in [2.24, 2.45) is 17.6 Å². The zero-order chi connectivity index (χ0) is 12.3. The Bertz CT molecular complexity index is 358. The maximum absolute atomic E-state index is 6.44. The second-order valence-corrected chi connectivity index (χ2v) is 5.47. The number of aryl methyl sites for hydroxylation is 1. The summed E-state index contributed by atoms with van der Waals surface area (Å²) in [4.78, 5) is 0. The minimum Gasteiger partial charge on any atom is -0.324 e. The van der Waals surface area contributed by atoms with Gasteiger partial charge >= 0.3 is 0 Å². The first kappa shape index (κ1) is 12.6. The summed E-state index contributed by atoms with van der Waals surface area (Å²) in [6, 6.07) is 9.09. The molecule has 17 heavy (non-hydrogen) atoms. The van der Waals surface area contributed by atoms with Crippen LogP contribution in [0.25, 0.3) is 0 Å². The van der Waals surface area contributed by atoms with Crippen LogP contribution in [0.2, 0.25) is 0 Å². The highest BCUT2D eigenvalue weighted by atomic mass is 14.7. The molecule has 3 atom stereocenters. The zero-order valence-corrected chi connectivity index (χ0v) is 11.2. The smallest absolute Gasteiger partial charge is 0.0323 e. The Hall–Kier alpha value is -0.820. The molecule has 1 saturated carbocycles. The van der Waals surface area contributed by atoms with Crippen molar-refractivity contribution in [2.75, 3.05) is 0 Å². The molecule has 0 saturated heterocycles. The first-order valence-electron chi connectivity index (χ1n) is 7.09. The van der Waals surface area contributed by atoms with Crippen molar-refractivity contribution in [1.29, 1.82) is 0 Å². The van der Waals surface area contributed by atoms with Crippen LogP contribution in [0.3, 0.4) is 0 Å². The highest BCUT2D eigenvalue weighted by molar-refractivity contribution is 5.26. The Labute approximate surface area is 105 Å². The Morgan fingerprint density at radius 2 is 2.12 bits per heavy atom. The number of hydrogen-bond donors (Lipinski definition) is 1. The van der Waals surface area contributed by atoms with Gasteiger partial charge in [-0.15, -0.1) is 0 Å². The van der Waals surface area contributed by atoms with Gasteiger partial charge in [0.05, 0.1) is 0 Å². The summed E-state index contributed by atoms with van der Waals surface area (Å²) in [5, 5.41) is 0. The van der Waals surface area contributed by atoms with Crippen molar-refractivity contribution in [1.82, 2.24) is 0 Å². The van der Waals surface area contributed by atoms with E-state index in [1.165, 1.54) is 36.8 Å². The highest BCUT2D eigenvalue weighted by Gasteiger charge is 2.28. The predicted octanol–water partition coefficient (Wildman–Crippen LogP) is 4.08. The molecule has 0 aliphatic heterocycles. The summed E-state index contributed by atoms with van der Waals surface area (Å²) in [5.74, 6) is 1.62. The molecule has 1 aliphatic rings. The van der Waals surface area contributed by atoms with E-state index in [-0.39, 0.29) is 6.04 Å². The van der Waals surface area contributed by atoms with Crippen LogP contribution in [-0.4, -0.2) is 0 Å². The monoisotopic (exact) mass is 231 g/mol. The minimum absolute atomic E-state index is 0.248. The van der Waals surface area contributed by atoms with Gasteiger partial charge in [0.2, 0.25) is 0 Å².